The van der Waals surface area contributed by atoms with Gasteiger partial charge in [-0.1, -0.05) is 29.5 Å². The van der Waals surface area contributed by atoms with E-state index in [9.17, 15) is 4.79 Å². The van der Waals surface area contributed by atoms with Crippen LogP contribution in [-0.2, 0) is 4.74 Å². The molecule has 5 heteroatoms. The Kier molecular flexibility index (Phi) is 3.30. The molecule has 2 aromatic rings. The summed E-state index contributed by atoms with van der Waals surface area (Å²) in [6, 6.07) is 10.8. The molecular formula is C12H11NO3S. The molecule has 2 N–H and O–H groups in total. The van der Waals surface area contributed by atoms with Gasteiger partial charge in [0.25, 0.3) is 0 Å². The number of esters is 1. The Balaban J connectivity index is 2.22. The molecule has 0 spiro atoms. The minimum atomic E-state index is -0.412. The van der Waals surface area contributed by atoms with Gasteiger partial charge in [0.15, 0.2) is 0 Å². The first-order valence-electron chi connectivity index (χ1n) is 4.91. The standard InChI is InChI=1S/C12H11NO3S/c1-15-11(14)10-7-9(13)12(17-10)16-8-5-3-2-4-6-8/h2-7H,13H2,1H3. The summed E-state index contributed by atoms with van der Waals surface area (Å²) >= 11 is 1.17. The van der Waals surface area contributed by atoms with Crippen LogP contribution >= 0.6 is 11.3 Å². The summed E-state index contributed by atoms with van der Waals surface area (Å²) in [5.74, 6) is 0.266. The van der Waals surface area contributed by atoms with Crippen LogP contribution in [-0.4, -0.2) is 13.1 Å². The molecular weight excluding hydrogens is 238 g/mol. The van der Waals surface area contributed by atoms with Crippen LogP contribution in [0.5, 0.6) is 10.8 Å². The second kappa shape index (κ2) is 4.88. The molecule has 0 aliphatic heterocycles. The van der Waals surface area contributed by atoms with Gasteiger partial charge in [-0.25, -0.2) is 4.79 Å². The van der Waals surface area contributed by atoms with Crippen LogP contribution in [0, 0.1) is 0 Å². The summed E-state index contributed by atoms with van der Waals surface area (Å²) in [7, 11) is 1.33. The maximum absolute atomic E-state index is 11.3. The fourth-order valence-electron chi connectivity index (χ4n) is 1.26. The summed E-state index contributed by atoms with van der Waals surface area (Å²) < 4.78 is 10.2. The first-order valence-corrected chi connectivity index (χ1v) is 5.73. The zero-order valence-electron chi connectivity index (χ0n) is 9.17. The van der Waals surface area contributed by atoms with Gasteiger partial charge in [0.05, 0.1) is 12.8 Å². The quantitative estimate of drug-likeness (QED) is 0.849. The third-order valence-electron chi connectivity index (χ3n) is 2.07. The largest absolute Gasteiger partial charge is 0.465 e. The highest BCUT2D eigenvalue weighted by atomic mass is 32.1. The molecule has 0 atom stereocenters. The summed E-state index contributed by atoms with van der Waals surface area (Å²) in [5.41, 5.74) is 6.19. The van der Waals surface area contributed by atoms with Crippen molar-refractivity contribution in [3.05, 3.63) is 41.3 Å². The van der Waals surface area contributed by atoms with E-state index in [2.05, 4.69) is 4.74 Å². The highest BCUT2D eigenvalue weighted by Crippen LogP contribution is 2.36. The SMILES string of the molecule is COC(=O)c1cc(N)c(Oc2ccccc2)s1. The third kappa shape index (κ3) is 2.57. The maximum atomic E-state index is 11.3. The number of carbonyl (C=O) groups excluding carboxylic acids is 1. The molecule has 0 saturated heterocycles. The maximum Gasteiger partial charge on any atom is 0.348 e. The molecule has 1 heterocycles. The van der Waals surface area contributed by atoms with Crippen LogP contribution in [0.3, 0.4) is 0 Å². The Morgan fingerprint density at radius 2 is 2.00 bits per heavy atom. The van der Waals surface area contributed by atoms with E-state index in [1.807, 2.05) is 30.3 Å². The van der Waals surface area contributed by atoms with Gasteiger partial charge in [-0.3, -0.25) is 0 Å². The lowest BCUT2D eigenvalue weighted by Crippen LogP contribution is -1.97. The summed E-state index contributed by atoms with van der Waals surface area (Å²) in [4.78, 5) is 11.7. The van der Waals surface area contributed by atoms with Crippen molar-refractivity contribution in [1.82, 2.24) is 0 Å². The van der Waals surface area contributed by atoms with Crippen molar-refractivity contribution in [2.45, 2.75) is 0 Å². The molecule has 0 radical (unpaired) electrons. The van der Waals surface area contributed by atoms with Crippen molar-refractivity contribution in [1.29, 1.82) is 0 Å². The van der Waals surface area contributed by atoms with Crippen molar-refractivity contribution >= 4 is 23.0 Å². The second-order valence-corrected chi connectivity index (χ2v) is 4.27. The van der Waals surface area contributed by atoms with Gasteiger partial charge < -0.3 is 15.2 Å². The van der Waals surface area contributed by atoms with Crippen LogP contribution in [0.25, 0.3) is 0 Å². The fraction of sp³-hybridized carbons (Fsp3) is 0.0833. The van der Waals surface area contributed by atoms with E-state index in [1.54, 1.807) is 6.07 Å². The lowest BCUT2D eigenvalue weighted by molar-refractivity contribution is 0.0606. The molecule has 17 heavy (non-hydrogen) atoms. The number of nitrogen functional groups attached to an aromatic ring is 1. The molecule has 1 aromatic heterocycles. The number of anilines is 1. The monoisotopic (exact) mass is 249 g/mol. The Morgan fingerprint density at radius 3 is 2.65 bits per heavy atom. The Morgan fingerprint density at radius 1 is 1.29 bits per heavy atom. The zero-order chi connectivity index (χ0) is 12.3. The molecule has 0 fully saturated rings. The van der Waals surface area contributed by atoms with E-state index in [0.29, 0.717) is 21.4 Å². The lowest BCUT2D eigenvalue weighted by Gasteiger charge is -2.02. The highest BCUT2D eigenvalue weighted by Gasteiger charge is 2.14. The minimum Gasteiger partial charge on any atom is -0.465 e. The van der Waals surface area contributed by atoms with Gasteiger partial charge in [-0.15, -0.1) is 0 Å². The topological polar surface area (TPSA) is 61.5 Å². The summed E-state index contributed by atoms with van der Waals surface area (Å²) in [6.07, 6.45) is 0. The Bertz CT molecular complexity index is 522. The van der Waals surface area contributed by atoms with Crippen LogP contribution in [0.15, 0.2) is 36.4 Å². The van der Waals surface area contributed by atoms with Crippen molar-refractivity contribution < 1.29 is 14.3 Å². The highest BCUT2D eigenvalue weighted by molar-refractivity contribution is 7.16. The van der Waals surface area contributed by atoms with E-state index >= 15 is 0 Å². The van der Waals surface area contributed by atoms with Crippen molar-refractivity contribution in [3.63, 3.8) is 0 Å². The van der Waals surface area contributed by atoms with E-state index in [0.717, 1.165) is 0 Å². The van der Waals surface area contributed by atoms with E-state index in [-0.39, 0.29) is 0 Å². The number of benzene rings is 1. The molecule has 0 unspecified atom stereocenters. The normalized spacial score (nSPS) is 9.94. The van der Waals surface area contributed by atoms with Crippen LogP contribution in [0.2, 0.25) is 0 Å². The van der Waals surface area contributed by atoms with E-state index in [1.165, 1.54) is 18.4 Å². The molecule has 1 aromatic carbocycles. The first-order chi connectivity index (χ1) is 8.20. The first kappa shape index (κ1) is 11.5. The Hall–Kier alpha value is -2.01. The average molecular weight is 249 g/mol. The average Bonchev–Trinajstić information content (AvgIpc) is 2.71. The van der Waals surface area contributed by atoms with Gasteiger partial charge in [-0.05, 0) is 18.2 Å². The van der Waals surface area contributed by atoms with Gasteiger partial charge in [0.2, 0.25) is 5.06 Å². The fourth-order valence-corrected chi connectivity index (χ4v) is 2.13. The van der Waals surface area contributed by atoms with E-state index < -0.39 is 5.97 Å². The zero-order valence-corrected chi connectivity index (χ0v) is 9.99. The van der Waals surface area contributed by atoms with E-state index in [4.69, 9.17) is 10.5 Å². The molecule has 4 nitrogen and oxygen atoms in total. The van der Waals surface area contributed by atoms with Crippen LogP contribution in [0.4, 0.5) is 5.69 Å². The summed E-state index contributed by atoms with van der Waals surface area (Å²) in [5, 5.41) is 0.497. The number of thiophene rings is 1. The third-order valence-corrected chi connectivity index (χ3v) is 3.07. The molecule has 0 aliphatic carbocycles. The van der Waals surface area contributed by atoms with Crippen molar-refractivity contribution in [2.75, 3.05) is 12.8 Å². The van der Waals surface area contributed by atoms with Crippen LogP contribution < -0.4 is 10.5 Å². The molecule has 0 amide bonds. The van der Waals surface area contributed by atoms with Gasteiger partial charge in [0.1, 0.15) is 10.6 Å². The molecule has 2 rings (SSSR count). The molecule has 88 valence electrons. The number of hydrogen-bond acceptors (Lipinski definition) is 5. The predicted octanol–water partition coefficient (Wildman–Crippen LogP) is 2.91. The minimum absolute atomic E-state index is 0.412. The van der Waals surface area contributed by atoms with Crippen molar-refractivity contribution in [2.24, 2.45) is 0 Å². The van der Waals surface area contributed by atoms with Gasteiger partial charge in [0, 0.05) is 0 Å². The van der Waals surface area contributed by atoms with Gasteiger partial charge in [-0.2, -0.15) is 0 Å². The molecule has 0 saturated carbocycles. The Labute approximate surface area is 103 Å². The van der Waals surface area contributed by atoms with Gasteiger partial charge >= 0.3 is 5.97 Å². The number of nitrogens with two attached hydrogens (primary N) is 1. The number of carbonyl (C=O) groups is 1. The smallest absolute Gasteiger partial charge is 0.348 e. The number of hydrogen-bond donors (Lipinski definition) is 1. The number of methoxy groups -OCH3 is 1. The predicted molar refractivity (Wildman–Crippen MR) is 66.6 cm³/mol. The number of ether oxygens (including phenoxy) is 2. The number of rotatable bonds is 3. The van der Waals surface area contributed by atoms with Crippen molar-refractivity contribution in [3.8, 4) is 10.8 Å². The molecule has 0 aliphatic rings. The number of para-hydroxylation sites is 1. The lowest BCUT2D eigenvalue weighted by atomic mass is 10.3. The summed E-state index contributed by atoms with van der Waals surface area (Å²) in [6.45, 7) is 0. The van der Waals surface area contributed by atoms with Crippen LogP contribution in [0.1, 0.15) is 9.67 Å². The second-order valence-electron chi connectivity index (χ2n) is 3.26. The molecule has 0 bridgehead atoms.